The van der Waals surface area contributed by atoms with Gasteiger partial charge in [0, 0.05) is 11.9 Å². The average Bonchev–Trinajstić information content (AvgIpc) is 3.14. The molecule has 6 nitrogen and oxygen atoms in total. The lowest BCUT2D eigenvalue weighted by atomic mass is 10.2. The van der Waals surface area contributed by atoms with Gasteiger partial charge in [0.15, 0.2) is 5.69 Å². The van der Waals surface area contributed by atoms with Crippen molar-refractivity contribution in [2.45, 2.75) is 6.92 Å². The second-order valence-corrected chi connectivity index (χ2v) is 6.64. The van der Waals surface area contributed by atoms with E-state index in [0.29, 0.717) is 11.4 Å². The summed E-state index contributed by atoms with van der Waals surface area (Å²) >= 11 is 12.8. The van der Waals surface area contributed by atoms with Gasteiger partial charge in [-0.1, -0.05) is 23.2 Å². The molecule has 3 rings (SSSR count). The average molecular weight is 383 g/mol. The molecule has 0 unspecified atom stereocenters. The van der Waals surface area contributed by atoms with Gasteiger partial charge in [-0.2, -0.15) is 4.37 Å². The molecule has 1 aromatic carbocycles. The fourth-order valence-electron chi connectivity index (χ4n) is 2.11. The first-order valence-electron chi connectivity index (χ1n) is 6.80. The van der Waals surface area contributed by atoms with Crippen LogP contribution >= 0.6 is 34.7 Å². The largest absolute Gasteiger partial charge is 0.495 e. The van der Waals surface area contributed by atoms with E-state index >= 15 is 0 Å². The van der Waals surface area contributed by atoms with Crippen LogP contribution in [0.4, 0.5) is 5.69 Å². The molecule has 24 heavy (non-hydrogen) atoms. The fraction of sp³-hybridized carbons (Fsp3) is 0.133. The third-order valence-electron chi connectivity index (χ3n) is 3.24. The van der Waals surface area contributed by atoms with Gasteiger partial charge in [0.2, 0.25) is 0 Å². The van der Waals surface area contributed by atoms with Crippen molar-refractivity contribution in [1.29, 1.82) is 0 Å². The molecule has 3 aromatic rings. The molecule has 0 saturated heterocycles. The Hall–Kier alpha value is -2.09. The van der Waals surface area contributed by atoms with Crippen LogP contribution in [0.15, 0.2) is 30.7 Å². The lowest BCUT2D eigenvalue weighted by molar-refractivity contribution is 0.102. The van der Waals surface area contributed by atoms with Crippen LogP contribution in [0.2, 0.25) is 9.36 Å². The molecule has 0 radical (unpaired) electrons. The molecule has 0 fully saturated rings. The minimum atomic E-state index is -0.430. The van der Waals surface area contributed by atoms with Gasteiger partial charge in [-0.3, -0.25) is 4.79 Å². The topological polar surface area (TPSA) is 69.0 Å². The summed E-state index contributed by atoms with van der Waals surface area (Å²) in [6, 6.07) is 5.27. The maximum Gasteiger partial charge on any atom is 0.276 e. The minimum Gasteiger partial charge on any atom is -0.495 e. The van der Waals surface area contributed by atoms with E-state index in [4.69, 9.17) is 27.9 Å². The third-order valence-corrected chi connectivity index (χ3v) is 4.85. The number of halogens is 2. The molecule has 0 aliphatic carbocycles. The maximum atomic E-state index is 12.3. The molecule has 9 heteroatoms. The Labute approximate surface area is 152 Å². The van der Waals surface area contributed by atoms with Crippen LogP contribution in [0.1, 0.15) is 16.2 Å². The van der Waals surface area contributed by atoms with Crippen molar-refractivity contribution in [2.75, 3.05) is 12.4 Å². The number of anilines is 1. The molecule has 0 atom stereocenters. The number of rotatable bonds is 4. The van der Waals surface area contributed by atoms with Crippen molar-refractivity contribution < 1.29 is 9.53 Å². The van der Waals surface area contributed by atoms with Gasteiger partial charge in [0.25, 0.3) is 5.91 Å². The number of aryl methyl sites for hydroxylation is 1. The fourth-order valence-corrected chi connectivity index (χ4v) is 3.11. The van der Waals surface area contributed by atoms with Crippen LogP contribution in [-0.4, -0.2) is 26.9 Å². The normalized spacial score (nSPS) is 10.7. The first-order valence-corrected chi connectivity index (χ1v) is 8.33. The van der Waals surface area contributed by atoms with Gasteiger partial charge < -0.3 is 14.6 Å². The van der Waals surface area contributed by atoms with E-state index in [1.54, 1.807) is 31.6 Å². The Morgan fingerprint density at radius 1 is 1.38 bits per heavy atom. The van der Waals surface area contributed by atoms with Crippen molar-refractivity contribution in [2.24, 2.45) is 0 Å². The number of amides is 1. The first-order chi connectivity index (χ1) is 11.5. The lowest BCUT2D eigenvalue weighted by Gasteiger charge is -2.12. The summed E-state index contributed by atoms with van der Waals surface area (Å²) in [5, 5.41) is 2.90. The first kappa shape index (κ1) is 16.8. The highest BCUT2D eigenvalue weighted by Crippen LogP contribution is 2.31. The Balaban J connectivity index is 1.92. The highest BCUT2D eigenvalue weighted by molar-refractivity contribution is 7.11. The molecular formula is C15H12Cl2N4O2S. The van der Waals surface area contributed by atoms with E-state index in [-0.39, 0.29) is 15.1 Å². The Morgan fingerprint density at radius 3 is 2.75 bits per heavy atom. The minimum absolute atomic E-state index is 0.0995. The Kier molecular flexibility index (Phi) is 4.75. The van der Waals surface area contributed by atoms with Crippen molar-refractivity contribution in [3.63, 3.8) is 0 Å². The van der Waals surface area contributed by atoms with E-state index in [9.17, 15) is 4.79 Å². The zero-order valence-electron chi connectivity index (χ0n) is 12.7. The molecule has 0 saturated carbocycles. The smallest absolute Gasteiger partial charge is 0.276 e. The number of carbonyl (C=O) groups is 1. The van der Waals surface area contributed by atoms with Crippen molar-refractivity contribution in [1.82, 2.24) is 13.9 Å². The van der Waals surface area contributed by atoms with Crippen LogP contribution in [0.25, 0.3) is 5.69 Å². The highest BCUT2D eigenvalue weighted by atomic mass is 35.5. The maximum absolute atomic E-state index is 12.3. The summed E-state index contributed by atoms with van der Waals surface area (Å²) < 4.78 is 11.4. The van der Waals surface area contributed by atoms with Crippen molar-refractivity contribution in [3.8, 4) is 11.4 Å². The molecule has 0 aliphatic heterocycles. The molecule has 1 N–H and O–H groups in total. The van der Waals surface area contributed by atoms with Crippen LogP contribution < -0.4 is 10.1 Å². The Morgan fingerprint density at radius 2 is 2.17 bits per heavy atom. The summed E-state index contributed by atoms with van der Waals surface area (Å²) in [5.41, 5.74) is 2.29. The van der Waals surface area contributed by atoms with Crippen LogP contribution in [0.3, 0.4) is 0 Å². The van der Waals surface area contributed by atoms with Crippen molar-refractivity contribution in [3.05, 3.63) is 51.5 Å². The zero-order valence-corrected chi connectivity index (χ0v) is 15.0. The number of methoxy groups -OCH3 is 1. The summed E-state index contributed by atoms with van der Waals surface area (Å²) in [5.74, 6) is 0.223. The van der Waals surface area contributed by atoms with Crippen molar-refractivity contribution >= 4 is 46.3 Å². The molecule has 0 bridgehead atoms. The highest BCUT2D eigenvalue weighted by Gasteiger charge is 2.18. The van der Waals surface area contributed by atoms with E-state index in [0.717, 1.165) is 22.9 Å². The van der Waals surface area contributed by atoms with Gasteiger partial charge in [-0.05, 0) is 36.7 Å². The van der Waals surface area contributed by atoms with Crippen LogP contribution in [0, 0.1) is 6.92 Å². The molecule has 1 amide bonds. The number of imidazole rings is 1. The second-order valence-electron chi connectivity index (χ2n) is 4.88. The standard InChI is InChI=1S/C15H12Cl2N4O2S/c1-8-6-21(7-18-8)10-5-9(3-4-11(10)23-2)19-15(22)13-12(16)14(17)24-20-13/h3-7H,1-2H3,(H,19,22). The predicted molar refractivity (Wildman–Crippen MR) is 94.9 cm³/mol. The number of nitrogens with zero attached hydrogens (tertiary/aromatic N) is 3. The number of hydrogen-bond acceptors (Lipinski definition) is 5. The monoisotopic (exact) mass is 382 g/mol. The third kappa shape index (κ3) is 3.24. The van der Waals surface area contributed by atoms with Gasteiger partial charge in [-0.25, -0.2) is 4.98 Å². The van der Waals surface area contributed by atoms with Gasteiger partial charge in [-0.15, -0.1) is 0 Å². The van der Waals surface area contributed by atoms with Gasteiger partial charge >= 0.3 is 0 Å². The van der Waals surface area contributed by atoms with Gasteiger partial charge in [0.05, 0.1) is 24.8 Å². The molecular weight excluding hydrogens is 371 g/mol. The SMILES string of the molecule is COc1ccc(NC(=O)c2nsc(Cl)c2Cl)cc1-n1cnc(C)c1. The number of benzene rings is 1. The second kappa shape index (κ2) is 6.80. The van der Waals surface area contributed by atoms with E-state index in [1.165, 1.54) is 0 Å². The predicted octanol–water partition coefficient (Wildman–Crippen LogP) is 4.20. The van der Waals surface area contributed by atoms with E-state index < -0.39 is 5.91 Å². The molecule has 2 heterocycles. The molecule has 0 aliphatic rings. The number of carbonyl (C=O) groups excluding carboxylic acids is 1. The number of aromatic nitrogens is 3. The molecule has 0 spiro atoms. The summed E-state index contributed by atoms with van der Waals surface area (Å²) in [6.07, 6.45) is 3.54. The lowest BCUT2D eigenvalue weighted by Crippen LogP contribution is -2.13. The number of hydrogen-bond donors (Lipinski definition) is 1. The van der Waals surface area contributed by atoms with Gasteiger partial charge in [0.1, 0.15) is 15.1 Å². The summed E-state index contributed by atoms with van der Waals surface area (Å²) in [6.45, 7) is 1.89. The quantitative estimate of drug-likeness (QED) is 0.733. The Bertz CT molecular complexity index is 907. The molecule has 124 valence electrons. The van der Waals surface area contributed by atoms with Crippen LogP contribution in [-0.2, 0) is 0 Å². The van der Waals surface area contributed by atoms with E-state index in [1.807, 2.05) is 17.7 Å². The van der Waals surface area contributed by atoms with E-state index in [2.05, 4.69) is 14.7 Å². The van der Waals surface area contributed by atoms with Crippen LogP contribution in [0.5, 0.6) is 5.75 Å². The summed E-state index contributed by atoms with van der Waals surface area (Å²) in [4.78, 5) is 16.5. The number of ether oxygens (including phenoxy) is 1. The zero-order chi connectivity index (χ0) is 17.3. The summed E-state index contributed by atoms with van der Waals surface area (Å²) in [7, 11) is 1.58. The number of nitrogens with one attached hydrogen (secondary N) is 1. The molecule has 2 aromatic heterocycles.